The third-order valence-electron chi connectivity index (χ3n) is 4.83. The third-order valence-corrected chi connectivity index (χ3v) is 4.83. The zero-order valence-corrected chi connectivity index (χ0v) is 8.58. The van der Waals surface area contributed by atoms with E-state index < -0.39 is 0 Å². The smallest absolute Gasteiger partial charge is 0.0491 e. The summed E-state index contributed by atoms with van der Waals surface area (Å²) in [5.74, 6) is 1.03. The number of hydrogen-bond donors (Lipinski definition) is 2. The van der Waals surface area contributed by atoms with Crippen LogP contribution in [0.15, 0.2) is 0 Å². The quantitative estimate of drug-likeness (QED) is 0.681. The summed E-state index contributed by atoms with van der Waals surface area (Å²) < 4.78 is 0. The molecule has 0 amide bonds. The number of hydrogen-bond acceptors (Lipinski definition) is 2. The Kier molecular flexibility index (Phi) is 1.97. The van der Waals surface area contributed by atoms with Crippen molar-refractivity contribution in [3.05, 3.63) is 0 Å². The standard InChI is InChI=1S/C11H20O2/c1-10(2)8-3-4-11(5-8,7-13)9(10)6-12/h8-9,12-13H,3-7H2,1-2H3. The molecule has 0 aromatic rings. The Balaban J connectivity index is 2.31. The summed E-state index contributed by atoms with van der Waals surface area (Å²) >= 11 is 0. The van der Waals surface area contributed by atoms with Gasteiger partial charge in [-0.3, -0.25) is 0 Å². The molecule has 13 heavy (non-hydrogen) atoms. The maximum atomic E-state index is 9.47. The number of aliphatic hydroxyl groups is 2. The van der Waals surface area contributed by atoms with Crippen molar-refractivity contribution in [3.8, 4) is 0 Å². The third kappa shape index (κ3) is 1.02. The second-order valence-corrected chi connectivity index (χ2v) is 5.52. The fourth-order valence-electron chi connectivity index (χ4n) is 3.86. The minimum atomic E-state index is 0.0584. The van der Waals surface area contributed by atoms with Crippen LogP contribution >= 0.6 is 0 Å². The average Bonchev–Trinajstić information content (AvgIpc) is 2.58. The van der Waals surface area contributed by atoms with Crippen LogP contribution in [0.1, 0.15) is 33.1 Å². The molecule has 2 fully saturated rings. The predicted octanol–water partition coefficient (Wildman–Crippen LogP) is 1.41. The Hall–Kier alpha value is -0.0800. The summed E-state index contributed by atoms with van der Waals surface area (Å²) in [5, 5.41) is 18.9. The van der Waals surface area contributed by atoms with Crippen LogP contribution in [0.3, 0.4) is 0 Å². The zero-order chi connectivity index (χ0) is 9.69. The minimum Gasteiger partial charge on any atom is -0.396 e. The van der Waals surface area contributed by atoms with E-state index in [0.29, 0.717) is 5.92 Å². The topological polar surface area (TPSA) is 40.5 Å². The average molecular weight is 184 g/mol. The van der Waals surface area contributed by atoms with Gasteiger partial charge in [-0.2, -0.15) is 0 Å². The summed E-state index contributed by atoms with van der Waals surface area (Å²) in [6.45, 7) is 4.99. The highest BCUT2D eigenvalue weighted by Crippen LogP contribution is 2.65. The molecule has 2 rings (SSSR count). The molecular weight excluding hydrogens is 164 g/mol. The molecule has 2 aliphatic carbocycles. The zero-order valence-electron chi connectivity index (χ0n) is 8.58. The van der Waals surface area contributed by atoms with Gasteiger partial charge in [0.25, 0.3) is 0 Å². The summed E-state index contributed by atoms with van der Waals surface area (Å²) in [7, 11) is 0. The molecule has 2 aliphatic rings. The first kappa shape index (κ1) is 9.47. The molecule has 2 heteroatoms. The Labute approximate surface area is 80.0 Å². The SMILES string of the molecule is CC1(C)C2CCC(CO)(C2)C1CO. The largest absolute Gasteiger partial charge is 0.396 e. The van der Waals surface area contributed by atoms with Gasteiger partial charge in [-0.15, -0.1) is 0 Å². The fourth-order valence-corrected chi connectivity index (χ4v) is 3.86. The maximum Gasteiger partial charge on any atom is 0.0491 e. The lowest BCUT2D eigenvalue weighted by Crippen LogP contribution is -2.40. The van der Waals surface area contributed by atoms with Crippen molar-refractivity contribution in [2.75, 3.05) is 13.2 Å². The molecule has 0 heterocycles. The molecule has 0 radical (unpaired) electrons. The number of aliphatic hydroxyl groups excluding tert-OH is 2. The molecule has 0 aliphatic heterocycles. The van der Waals surface area contributed by atoms with Crippen molar-refractivity contribution in [2.24, 2.45) is 22.7 Å². The second kappa shape index (κ2) is 2.71. The molecule has 2 nitrogen and oxygen atoms in total. The van der Waals surface area contributed by atoms with Crippen molar-refractivity contribution in [1.82, 2.24) is 0 Å². The highest BCUT2D eigenvalue weighted by Gasteiger charge is 2.60. The van der Waals surface area contributed by atoms with Crippen LogP contribution < -0.4 is 0 Å². The first-order chi connectivity index (χ1) is 6.07. The van der Waals surface area contributed by atoms with Gasteiger partial charge in [-0.05, 0) is 41.9 Å². The lowest BCUT2D eigenvalue weighted by Gasteiger charge is -2.42. The molecule has 76 valence electrons. The lowest BCUT2D eigenvalue weighted by atomic mass is 9.64. The Morgan fingerprint density at radius 2 is 2.00 bits per heavy atom. The van der Waals surface area contributed by atoms with E-state index in [0.717, 1.165) is 18.8 Å². The van der Waals surface area contributed by atoms with Crippen molar-refractivity contribution in [1.29, 1.82) is 0 Å². The van der Waals surface area contributed by atoms with Crippen LogP contribution in [0, 0.1) is 22.7 Å². The summed E-state index contributed by atoms with van der Waals surface area (Å²) in [6.07, 6.45) is 3.48. The molecule has 0 aromatic heterocycles. The van der Waals surface area contributed by atoms with Crippen molar-refractivity contribution in [3.63, 3.8) is 0 Å². The molecule has 0 saturated heterocycles. The fraction of sp³-hybridized carbons (Fsp3) is 1.00. The molecule has 0 aromatic carbocycles. The van der Waals surface area contributed by atoms with Crippen LogP contribution in [0.5, 0.6) is 0 Å². The van der Waals surface area contributed by atoms with Crippen LogP contribution in [-0.2, 0) is 0 Å². The van der Waals surface area contributed by atoms with E-state index in [4.69, 9.17) is 0 Å². The van der Waals surface area contributed by atoms with Gasteiger partial charge in [-0.1, -0.05) is 13.8 Å². The van der Waals surface area contributed by atoms with Gasteiger partial charge in [0.1, 0.15) is 0 Å². The van der Waals surface area contributed by atoms with Crippen molar-refractivity contribution < 1.29 is 10.2 Å². The number of fused-ring (bicyclic) bond motifs is 2. The summed E-state index contributed by atoms with van der Waals surface area (Å²) in [6, 6.07) is 0. The van der Waals surface area contributed by atoms with Crippen LogP contribution in [0.25, 0.3) is 0 Å². The van der Waals surface area contributed by atoms with Gasteiger partial charge in [-0.25, -0.2) is 0 Å². The van der Waals surface area contributed by atoms with E-state index in [1.807, 2.05) is 0 Å². The molecule has 2 bridgehead atoms. The normalized spacial score (nSPS) is 47.1. The molecule has 3 atom stereocenters. The molecule has 2 N–H and O–H groups in total. The van der Waals surface area contributed by atoms with Crippen molar-refractivity contribution in [2.45, 2.75) is 33.1 Å². The Morgan fingerprint density at radius 1 is 1.31 bits per heavy atom. The summed E-state index contributed by atoms with van der Waals surface area (Å²) in [5.41, 5.74) is 0.290. The number of rotatable bonds is 2. The van der Waals surface area contributed by atoms with E-state index in [2.05, 4.69) is 13.8 Å². The van der Waals surface area contributed by atoms with E-state index in [1.165, 1.54) is 6.42 Å². The van der Waals surface area contributed by atoms with E-state index in [-0.39, 0.29) is 24.0 Å². The van der Waals surface area contributed by atoms with Crippen LogP contribution in [0.2, 0.25) is 0 Å². The first-order valence-electron chi connectivity index (χ1n) is 5.28. The summed E-state index contributed by atoms with van der Waals surface area (Å²) in [4.78, 5) is 0. The predicted molar refractivity (Wildman–Crippen MR) is 51.2 cm³/mol. The minimum absolute atomic E-state index is 0.0584. The van der Waals surface area contributed by atoms with Gasteiger partial charge >= 0.3 is 0 Å². The van der Waals surface area contributed by atoms with Crippen LogP contribution in [0.4, 0.5) is 0 Å². The van der Waals surface area contributed by atoms with Gasteiger partial charge in [0, 0.05) is 13.2 Å². The molecule has 3 unspecified atom stereocenters. The van der Waals surface area contributed by atoms with Gasteiger partial charge < -0.3 is 10.2 Å². The molecular formula is C11H20O2. The van der Waals surface area contributed by atoms with Crippen LogP contribution in [-0.4, -0.2) is 23.4 Å². The van der Waals surface area contributed by atoms with Gasteiger partial charge in [0.15, 0.2) is 0 Å². The lowest BCUT2D eigenvalue weighted by molar-refractivity contribution is -0.0151. The van der Waals surface area contributed by atoms with E-state index in [9.17, 15) is 10.2 Å². The van der Waals surface area contributed by atoms with E-state index >= 15 is 0 Å². The highest BCUT2D eigenvalue weighted by molar-refractivity contribution is 5.09. The van der Waals surface area contributed by atoms with Gasteiger partial charge in [0.2, 0.25) is 0 Å². The second-order valence-electron chi connectivity index (χ2n) is 5.52. The first-order valence-corrected chi connectivity index (χ1v) is 5.28. The maximum absolute atomic E-state index is 9.47. The molecule has 2 saturated carbocycles. The highest BCUT2D eigenvalue weighted by atomic mass is 16.3. The van der Waals surface area contributed by atoms with Gasteiger partial charge in [0.05, 0.1) is 0 Å². The van der Waals surface area contributed by atoms with E-state index in [1.54, 1.807) is 0 Å². The monoisotopic (exact) mass is 184 g/mol. The Bertz CT molecular complexity index is 212. The van der Waals surface area contributed by atoms with Crippen molar-refractivity contribution >= 4 is 0 Å². The Morgan fingerprint density at radius 3 is 2.46 bits per heavy atom. The molecule has 0 spiro atoms.